The lowest BCUT2D eigenvalue weighted by molar-refractivity contribution is 0.108. The normalized spacial score (nSPS) is 15.0. The molecule has 0 saturated heterocycles. The Labute approximate surface area is 90.9 Å². The molecular weight excluding hydrogens is 191 g/mol. The Bertz CT molecular complexity index is 322. The predicted octanol–water partition coefficient (Wildman–Crippen LogP) is 3.60. The third kappa shape index (κ3) is 3.03. The van der Waals surface area contributed by atoms with Gasteiger partial charge in [-0.15, -0.1) is 0 Å². The van der Waals surface area contributed by atoms with Gasteiger partial charge in [-0.2, -0.15) is 0 Å². The molecule has 1 aromatic carbocycles. The molecule has 0 aliphatic carbocycles. The summed E-state index contributed by atoms with van der Waals surface area (Å²) in [6.07, 6.45) is 1.23. The maximum absolute atomic E-state index is 13.5. The van der Waals surface area contributed by atoms with Gasteiger partial charge in [-0.05, 0) is 30.9 Å². The number of aliphatic hydroxyl groups excluding tert-OH is 1. The van der Waals surface area contributed by atoms with Gasteiger partial charge in [0.2, 0.25) is 0 Å². The van der Waals surface area contributed by atoms with Crippen LogP contribution in [-0.2, 0) is 0 Å². The van der Waals surface area contributed by atoms with Crippen LogP contribution in [0.25, 0.3) is 0 Å². The smallest absolute Gasteiger partial charge is 0.129 e. The maximum atomic E-state index is 13.5. The molecule has 0 spiro atoms. The summed E-state index contributed by atoms with van der Waals surface area (Å²) < 4.78 is 13.5. The summed E-state index contributed by atoms with van der Waals surface area (Å²) >= 11 is 0. The fraction of sp³-hybridized carbons (Fsp3) is 0.538. The first kappa shape index (κ1) is 12.2. The zero-order valence-electron chi connectivity index (χ0n) is 9.63. The Morgan fingerprint density at radius 1 is 1.40 bits per heavy atom. The Morgan fingerprint density at radius 2 is 2.07 bits per heavy atom. The molecule has 2 atom stereocenters. The molecule has 84 valence electrons. The van der Waals surface area contributed by atoms with E-state index in [0.29, 0.717) is 5.56 Å². The molecule has 1 N–H and O–H groups in total. The van der Waals surface area contributed by atoms with E-state index in [2.05, 4.69) is 6.92 Å². The average Bonchev–Trinajstić information content (AvgIpc) is 2.17. The van der Waals surface area contributed by atoms with E-state index in [1.165, 1.54) is 6.07 Å². The summed E-state index contributed by atoms with van der Waals surface area (Å²) in [4.78, 5) is 0. The first-order chi connectivity index (χ1) is 7.06. The largest absolute Gasteiger partial charge is 0.388 e. The highest BCUT2D eigenvalue weighted by molar-refractivity contribution is 5.25. The number of aryl methyl sites for hydroxylation is 1. The van der Waals surface area contributed by atoms with Gasteiger partial charge in [-0.1, -0.05) is 32.4 Å². The second-order valence-corrected chi connectivity index (χ2v) is 4.24. The van der Waals surface area contributed by atoms with Crippen LogP contribution in [0.5, 0.6) is 0 Å². The molecule has 2 unspecified atom stereocenters. The molecule has 2 heteroatoms. The number of aliphatic hydroxyl groups is 1. The topological polar surface area (TPSA) is 20.2 Å². The maximum Gasteiger partial charge on any atom is 0.129 e. The van der Waals surface area contributed by atoms with E-state index < -0.39 is 6.10 Å². The van der Waals surface area contributed by atoms with E-state index in [0.717, 1.165) is 18.4 Å². The molecule has 1 aromatic rings. The average molecular weight is 210 g/mol. The van der Waals surface area contributed by atoms with E-state index >= 15 is 0 Å². The lowest BCUT2D eigenvalue weighted by Crippen LogP contribution is -2.10. The lowest BCUT2D eigenvalue weighted by atomic mass is 9.93. The minimum atomic E-state index is -0.689. The van der Waals surface area contributed by atoms with E-state index in [1.54, 1.807) is 6.07 Å². The number of halogens is 1. The minimum Gasteiger partial charge on any atom is -0.388 e. The van der Waals surface area contributed by atoms with E-state index in [4.69, 9.17) is 0 Å². The second kappa shape index (κ2) is 5.26. The zero-order valence-corrected chi connectivity index (χ0v) is 9.63. The van der Waals surface area contributed by atoms with Gasteiger partial charge in [0.25, 0.3) is 0 Å². The van der Waals surface area contributed by atoms with Gasteiger partial charge in [0.1, 0.15) is 5.82 Å². The van der Waals surface area contributed by atoms with Crippen LogP contribution in [0.2, 0.25) is 0 Å². The number of hydrogen-bond donors (Lipinski definition) is 1. The highest BCUT2D eigenvalue weighted by Gasteiger charge is 2.18. The standard InChI is InChI=1S/C13H19FO/c1-4-5-10(3)13(15)11-7-6-9(2)8-12(11)14/h6-8,10,13,15H,4-5H2,1-3H3. The third-order valence-corrected chi connectivity index (χ3v) is 2.76. The Balaban J connectivity index is 2.86. The van der Waals surface area contributed by atoms with Crippen molar-refractivity contribution in [1.82, 2.24) is 0 Å². The van der Waals surface area contributed by atoms with Crippen LogP contribution in [0.3, 0.4) is 0 Å². The van der Waals surface area contributed by atoms with Crippen LogP contribution in [0, 0.1) is 18.7 Å². The van der Waals surface area contributed by atoms with Crippen LogP contribution in [0.4, 0.5) is 4.39 Å². The molecule has 1 rings (SSSR count). The second-order valence-electron chi connectivity index (χ2n) is 4.24. The van der Waals surface area contributed by atoms with Crippen molar-refractivity contribution >= 4 is 0 Å². The fourth-order valence-electron chi connectivity index (χ4n) is 1.79. The van der Waals surface area contributed by atoms with Crippen LogP contribution >= 0.6 is 0 Å². The van der Waals surface area contributed by atoms with Gasteiger partial charge in [0, 0.05) is 5.56 Å². The van der Waals surface area contributed by atoms with Gasteiger partial charge in [0.15, 0.2) is 0 Å². The highest BCUT2D eigenvalue weighted by Crippen LogP contribution is 2.27. The van der Waals surface area contributed by atoms with E-state index in [-0.39, 0.29) is 11.7 Å². The van der Waals surface area contributed by atoms with E-state index in [9.17, 15) is 9.50 Å². The molecule has 0 aliphatic heterocycles. The van der Waals surface area contributed by atoms with Gasteiger partial charge in [-0.25, -0.2) is 4.39 Å². The van der Waals surface area contributed by atoms with Gasteiger partial charge in [-0.3, -0.25) is 0 Å². The summed E-state index contributed by atoms with van der Waals surface area (Å²) in [5, 5.41) is 9.95. The van der Waals surface area contributed by atoms with Gasteiger partial charge >= 0.3 is 0 Å². The molecule has 15 heavy (non-hydrogen) atoms. The molecule has 0 aromatic heterocycles. The summed E-state index contributed by atoms with van der Waals surface area (Å²) in [5.41, 5.74) is 1.30. The quantitative estimate of drug-likeness (QED) is 0.805. The van der Waals surface area contributed by atoms with Crippen LogP contribution in [0.1, 0.15) is 43.9 Å². The first-order valence-electron chi connectivity index (χ1n) is 5.50. The van der Waals surface area contributed by atoms with Crippen LogP contribution in [-0.4, -0.2) is 5.11 Å². The molecule has 0 fully saturated rings. The SMILES string of the molecule is CCCC(C)C(O)c1ccc(C)cc1F. The fourth-order valence-corrected chi connectivity index (χ4v) is 1.79. The Hall–Kier alpha value is -0.890. The molecule has 0 aliphatic rings. The van der Waals surface area contributed by atoms with Crippen molar-refractivity contribution < 1.29 is 9.50 Å². The van der Waals surface area contributed by atoms with Crippen molar-refractivity contribution in [3.05, 3.63) is 35.1 Å². The number of hydrogen-bond acceptors (Lipinski definition) is 1. The Kier molecular flexibility index (Phi) is 4.28. The van der Waals surface area contributed by atoms with Crippen molar-refractivity contribution in [2.24, 2.45) is 5.92 Å². The summed E-state index contributed by atoms with van der Waals surface area (Å²) in [5.74, 6) is -0.197. The first-order valence-corrected chi connectivity index (χ1v) is 5.50. The monoisotopic (exact) mass is 210 g/mol. The van der Waals surface area contributed by atoms with Crippen molar-refractivity contribution in [2.45, 2.75) is 39.7 Å². The van der Waals surface area contributed by atoms with E-state index in [1.807, 2.05) is 19.9 Å². The van der Waals surface area contributed by atoms with Crippen molar-refractivity contribution in [3.8, 4) is 0 Å². The highest BCUT2D eigenvalue weighted by atomic mass is 19.1. The van der Waals surface area contributed by atoms with Crippen LogP contribution in [0.15, 0.2) is 18.2 Å². The number of rotatable bonds is 4. The molecule has 1 nitrogen and oxygen atoms in total. The Morgan fingerprint density at radius 3 is 2.60 bits per heavy atom. The summed E-state index contributed by atoms with van der Waals surface area (Å²) in [7, 11) is 0. The molecule has 0 radical (unpaired) electrons. The number of benzene rings is 1. The summed E-state index contributed by atoms with van der Waals surface area (Å²) in [6, 6.07) is 4.99. The third-order valence-electron chi connectivity index (χ3n) is 2.76. The van der Waals surface area contributed by atoms with Gasteiger partial charge < -0.3 is 5.11 Å². The van der Waals surface area contributed by atoms with Crippen molar-refractivity contribution in [3.63, 3.8) is 0 Å². The zero-order chi connectivity index (χ0) is 11.4. The van der Waals surface area contributed by atoms with Gasteiger partial charge in [0.05, 0.1) is 6.10 Å². The molecule has 0 bridgehead atoms. The predicted molar refractivity (Wildman–Crippen MR) is 60.2 cm³/mol. The molecule has 0 amide bonds. The molecule has 0 saturated carbocycles. The molecule has 0 heterocycles. The van der Waals surface area contributed by atoms with Crippen LogP contribution < -0.4 is 0 Å². The minimum absolute atomic E-state index is 0.104. The van der Waals surface area contributed by atoms with Crippen molar-refractivity contribution in [1.29, 1.82) is 0 Å². The molecular formula is C13H19FO. The van der Waals surface area contributed by atoms with Crippen molar-refractivity contribution in [2.75, 3.05) is 0 Å². The summed E-state index contributed by atoms with van der Waals surface area (Å²) in [6.45, 7) is 5.86. The lowest BCUT2D eigenvalue weighted by Gasteiger charge is -2.19.